The smallest absolute Gasteiger partial charge is 0.233 e. The van der Waals surface area contributed by atoms with E-state index in [-0.39, 0.29) is 12.3 Å². The summed E-state index contributed by atoms with van der Waals surface area (Å²) in [5, 5.41) is 5.32. The molecule has 0 unspecified atom stereocenters. The molecule has 0 aromatic heterocycles. The summed E-state index contributed by atoms with van der Waals surface area (Å²) < 4.78 is 6.05. The van der Waals surface area contributed by atoms with Crippen molar-refractivity contribution in [3.63, 3.8) is 0 Å². The largest absolute Gasteiger partial charge is 0.495 e. The first-order valence-corrected chi connectivity index (χ1v) is 7.36. The van der Waals surface area contributed by atoms with Crippen LogP contribution in [0.2, 0.25) is 0 Å². The van der Waals surface area contributed by atoms with Gasteiger partial charge in [0.05, 0.1) is 12.8 Å². The fraction of sp³-hybridized carbons (Fsp3) is 0.125. The third kappa shape index (κ3) is 4.60. The maximum absolute atomic E-state index is 11.9. The van der Waals surface area contributed by atoms with Crippen LogP contribution in [0.3, 0.4) is 0 Å². The summed E-state index contributed by atoms with van der Waals surface area (Å²) in [5.41, 5.74) is 1.17. The number of carbonyl (C=O) groups is 2. The lowest BCUT2D eigenvalue weighted by atomic mass is 10.2. The van der Waals surface area contributed by atoms with Crippen molar-refractivity contribution in [1.29, 1.82) is 0 Å². The third-order valence-electron chi connectivity index (χ3n) is 2.83. The van der Waals surface area contributed by atoms with E-state index in [4.69, 9.17) is 4.74 Å². The Morgan fingerprint density at radius 3 is 2.32 bits per heavy atom. The second-order valence-electron chi connectivity index (χ2n) is 4.48. The van der Waals surface area contributed by atoms with Gasteiger partial charge in [0.15, 0.2) is 0 Å². The minimum atomic E-state index is -0.404. The van der Waals surface area contributed by atoms with Gasteiger partial charge in [0.1, 0.15) is 12.2 Å². The molecule has 0 bridgehead atoms. The SMILES string of the molecule is COc1ccccc1NC(=O)CC(=O)Nc1ccc(Br)cc1. The highest BCUT2D eigenvalue weighted by Crippen LogP contribution is 2.23. The van der Waals surface area contributed by atoms with Crippen LogP contribution >= 0.6 is 15.9 Å². The van der Waals surface area contributed by atoms with E-state index in [0.29, 0.717) is 17.1 Å². The molecule has 0 atom stereocenters. The highest BCUT2D eigenvalue weighted by Gasteiger charge is 2.12. The predicted octanol–water partition coefficient (Wildman–Crippen LogP) is 3.43. The second kappa shape index (κ2) is 7.61. The Balaban J connectivity index is 1.91. The van der Waals surface area contributed by atoms with Crippen LogP contribution in [-0.4, -0.2) is 18.9 Å². The first kappa shape index (κ1) is 16.0. The number of rotatable bonds is 5. The van der Waals surface area contributed by atoms with Crippen LogP contribution in [0.5, 0.6) is 5.75 Å². The lowest BCUT2D eigenvalue weighted by molar-refractivity contribution is -0.123. The third-order valence-corrected chi connectivity index (χ3v) is 3.36. The van der Waals surface area contributed by atoms with Gasteiger partial charge in [-0.15, -0.1) is 0 Å². The standard InChI is InChI=1S/C16H15BrN2O3/c1-22-14-5-3-2-4-13(14)19-16(21)10-15(20)18-12-8-6-11(17)7-9-12/h2-9H,10H2,1H3,(H,18,20)(H,19,21). The summed E-state index contributed by atoms with van der Waals surface area (Å²) in [7, 11) is 1.52. The van der Waals surface area contributed by atoms with Crippen LogP contribution < -0.4 is 15.4 Å². The summed E-state index contributed by atoms with van der Waals surface area (Å²) in [6.45, 7) is 0. The van der Waals surface area contributed by atoms with E-state index in [1.54, 1.807) is 36.4 Å². The van der Waals surface area contributed by atoms with Gasteiger partial charge in [-0.1, -0.05) is 28.1 Å². The van der Waals surface area contributed by atoms with E-state index < -0.39 is 5.91 Å². The summed E-state index contributed by atoms with van der Waals surface area (Å²) in [6, 6.07) is 14.1. The van der Waals surface area contributed by atoms with Crippen molar-refractivity contribution < 1.29 is 14.3 Å². The van der Waals surface area contributed by atoms with Gasteiger partial charge in [0.2, 0.25) is 11.8 Å². The Bertz CT molecular complexity index is 671. The molecule has 0 fully saturated rings. The summed E-state index contributed by atoms with van der Waals surface area (Å²) in [6.07, 6.45) is -0.270. The van der Waals surface area contributed by atoms with Gasteiger partial charge >= 0.3 is 0 Å². The molecule has 6 heteroatoms. The zero-order valence-electron chi connectivity index (χ0n) is 11.9. The highest BCUT2D eigenvalue weighted by molar-refractivity contribution is 9.10. The first-order valence-electron chi connectivity index (χ1n) is 6.57. The van der Waals surface area contributed by atoms with Crippen molar-refractivity contribution >= 4 is 39.1 Å². The first-order chi connectivity index (χ1) is 10.6. The van der Waals surface area contributed by atoms with E-state index in [2.05, 4.69) is 26.6 Å². The molecule has 5 nitrogen and oxygen atoms in total. The van der Waals surface area contributed by atoms with Crippen molar-refractivity contribution in [3.8, 4) is 5.75 Å². The molecule has 0 heterocycles. The van der Waals surface area contributed by atoms with Crippen LogP contribution in [0.4, 0.5) is 11.4 Å². The molecule has 2 aromatic carbocycles. The minimum Gasteiger partial charge on any atom is -0.495 e. The van der Waals surface area contributed by atoms with Gasteiger partial charge < -0.3 is 15.4 Å². The predicted molar refractivity (Wildman–Crippen MR) is 89.0 cm³/mol. The lowest BCUT2D eigenvalue weighted by Gasteiger charge is -2.10. The Labute approximate surface area is 136 Å². The van der Waals surface area contributed by atoms with E-state index in [0.717, 1.165) is 4.47 Å². The van der Waals surface area contributed by atoms with Crippen molar-refractivity contribution in [2.75, 3.05) is 17.7 Å². The van der Waals surface area contributed by atoms with E-state index >= 15 is 0 Å². The average Bonchev–Trinajstić information content (AvgIpc) is 2.50. The zero-order valence-corrected chi connectivity index (χ0v) is 13.5. The lowest BCUT2D eigenvalue weighted by Crippen LogP contribution is -2.21. The molecular weight excluding hydrogens is 348 g/mol. The Morgan fingerprint density at radius 2 is 1.64 bits per heavy atom. The van der Waals surface area contributed by atoms with Crippen LogP contribution in [-0.2, 0) is 9.59 Å². The number of nitrogens with one attached hydrogen (secondary N) is 2. The topological polar surface area (TPSA) is 67.4 Å². The van der Waals surface area contributed by atoms with Gasteiger partial charge in [-0.05, 0) is 36.4 Å². The molecule has 2 N–H and O–H groups in total. The quantitative estimate of drug-likeness (QED) is 0.800. The minimum absolute atomic E-state index is 0.270. The van der Waals surface area contributed by atoms with Crippen molar-refractivity contribution in [3.05, 3.63) is 53.0 Å². The van der Waals surface area contributed by atoms with Crippen LogP contribution in [0, 0.1) is 0 Å². The molecule has 0 aliphatic rings. The number of amides is 2. The normalized spacial score (nSPS) is 9.91. The van der Waals surface area contributed by atoms with Crippen LogP contribution in [0.25, 0.3) is 0 Å². The van der Waals surface area contributed by atoms with Gasteiger partial charge in [-0.2, -0.15) is 0 Å². The maximum Gasteiger partial charge on any atom is 0.233 e. The van der Waals surface area contributed by atoms with Gasteiger partial charge in [0, 0.05) is 10.2 Å². The number of hydrogen-bond acceptors (Lipinski definition) is 3. The molecule has 114 valence electrons. The molecule has 2 amide bonds. The molecule has 0 aliphatic carbocycles. The number of ether oxygens (including phenoxy) is 1. The fourth-order valence-electron chi connectivity index (χ4n) is 1.83. The van der Waals surface area contributed by atoms with Crippen LogP contribution in [0.1, 0.15) is 6.42 Å². The van der Waals surface area contributed by atoms with Crippen molar-refractivity contribution in [2.24, 2.45) is 0 Å². The number of halogens is 1. The van der Waals surface area contributed by atoms with Gasteiger partial charge in [-0.3, -0.25) is 9.59 Å². The van der Waals surface area contributed by atoms with E-state index in [9.17, 15) is 9.59 Å². The number of carbonyl (C=O) groups excluding carboxylic acids is 2. The number of benzene rings is 2. The molecule has 0 radical (unpaired) electrons. The molecule has 0 saturated heterocycles. The Kier molecular flexibility index (Phi) is 5.55. The monoisotopic (exact) mass is 362 g/mol. The molecule has 2 rings (SSSR count). The molecule has 0 spiro atoms. The summed E-state index contributed by atoms with van der Waals surface area (Å²) >= 11 is 3.31. The van der Waals surface area contributed by atoms with Crippen LogP contribution in [0.15, 0.2) is 53.0 Å². The summed E-state index contributed by atoms with van der Waals surface area (Å²) in [5.74, 6) is -0.238. The molecule has 0 aliphatic heterocycles. The zero-order chi connectivity index (χ0) is 15.9. The fourth-order valence-corrected chi connectivity index (χ4v) is 2.09. The average molecular weight is 363 g/mol. The Hall–Kier alpha value is -2.34. The van der Waals surface area contributed by atoms with Gasteiger partial charge in [0.25, 0.3) is 0 Å². The summed E-state index contributed by atoms with van der Waals surface area (Å²) in [4.78, 5) is 23.7. The second-order valence-corrected chi connectivity index (χ2v) is 5.40. The van der Waals surface area contributed by atoms with Gasteiger partial charge in [-0.25, -0.2) is 0 Å². The van der Waals surface area contributed by atoms with Crippen molar-refractivity contribution in [1.82, 2.24) is 0 Å². The number of para-hydroxylation sites is 2. The van der Waals surface area contributed by atoms with E-state index in [1.165, 1.54) is 7.11 Å². The maximum atomic E-state index is 11.9. The highest BCUT2D eigenvalue weighted by atomic mass is 79.9. The molecule has 2 aromatic rings. The molecular formula is C16H15BrN2O3. The number of hydrogen-bond donors (Lipinski definition) is 2. The molecule has 0 saturated carbocycles. The number of anilines is 2. The Morgan fingerprint density at radius 1 is 1.00 bits per heavy atom. The number of methoxy groups -OCH3 is 1. The molecule has 22 heavy (non-hydrogen) atoms. The van der Waals surface area contributed by atoms with E-state index in [1.807, 2.05) is 12.1 Å². The van der Waals surface area contributed by atoms with Crippen molar-refractivity contribution in [2.45, 2.75) is 6.42 Å².